The average molecular weight is 258 g/mol. The molecule has 0 aromatic carbocycles. The third-order valence-electron chi connectivity index (χ3n) is 2.72. The van der Waals surface area contributed by atoms with E-state index in [1.807, 2.05) is 0 Å². The summed E-state index contributed by atoms with van der Waals surface area (Å²) < 4.78 is 0. The van der Waals surface area contributed by atoms with E-state index in [2.05, 4.69) is 29.4 Å². The van der Waals surface area contributed by atoms with E-state index >= 15 is 0 Å². The van der Waals surface area contributed by atoms with Crippen LogP contribution < -0.4 is 11.1 Å². The van der Waals surface area contributed by atoms with Crippen molar-refractivity contribution in [2.75, 3.05) is 39.3 Å². The molecule has 0 unspecified atom stereocenters. The van der Waals surface area contributed by atoms with E-state index in [9.17, 15) is 9.59 Å². The molecule has 1 aliphatic rings. The minimum Gasteiger partial charge on any atom is -0.392 e. The number of nitrogens with one attached hydrogen (secondary N) is 1. The van der Waals surface area contributed by atoms with E-state index in [0.717, 1.165) is 19.6 Å². The van der Waals surface area contributed by atoms with Gasteiger partial charge in [-0.1, -0.05) is 19.1 Å². The van der Waals surface area contributed by atoms with Crippen LogP contribution in [-0.4, -0.2) is 65.9 Å². The van der Waals surface area contributed by atoms with Crippen LogP contribution >= 0.6 is 12.2 Å². The second-order valence-corrected chi connectivity index (χ2v) is 4.40. The van der Waals surface area contributed by atoms with Crippen molar-refractivity contribution < 1.29 is 9.59 Å². The predicted molar refractivity (Wildman–Crippen MR) is 68.5 cm³/mol. The first-order chi connectivity index (χ1) is 8.04. The summed E-state index contributed by atoms with van der Waals surface area (Å²) in [6.45, 7) is 5.91. The maximum atomic E-state index is 11.7. The van der Waals surface area contributed by atoms with Gasteiger partial charge in [0.1, 0.15) is 0 Å². The largest absolute Gasteiger partial charge is 0.392 e. The number of amides is 2. The van der Waals surface area contributed by atoms with Gasteiger partial charge in [-0.2, -0.15) is 0 Å². The molecule has 0 aromatic rings. The van der Waals surface area contributed by atoms with Crippen LogP contribution in [0.5, 0.6) is 0 Å². The lowest BCUT2D eigenvalue weighted by Gasteiger charge is -2.33. The number of nitrogens with zero attached hydrogens (tertiary/aromatic N) is 2. The van der Waals surface area contributed by atoms with E-state index in [1.54, 1.807) is 4.90 Å². The van der Waals surface area contributed by atoms with E-state index < -0.39 is 11.8 Å². The van der Waals surface area contributed by atoms with Crippen molar-refractivity contribution >= 4 is 29.0 Å². The summed E-state index contributed by atoms with van der Waals surface area (Å²) in [4.78, 5) is 27.1. The summed E-state index contributed by atoms with van der Waals surface area (Å²) in [5.41, 5.74) is 5.24. The molecule has 96 valence electrons. The predicted octanol–water partition coefficient (Wildman–Crippen LogP) is -1.45. The lowest BCUT2D eigenvalue weighted by Crippen LogP contribution is -2.53. The lowest BCUT2D eigenvalue weighted by molar-refractivity contribution is -0.146. The Kier molecular flexibility index (Phi) is 5.30. The summed E-state index contributed by atoms with van der Waals surface area (Å²) in [6, 6.07) is 0. The van der Waals surface area contributed by atoms with Crippen molar-refractivity contribution in [3.63, 3.8) is 0 Å². The average Bonchev–Trinajstić information content (AvgIpc) is 2.35. The highest BCUT2D eigenvalue weighted by atomic mass is 32.1. The van der Waals surface area contributed by atoms with Crippen molar-refractivity contribution in [2.45, 2.75) is 6.92 Å². The molecule has 1 saturated heterocycles. The Hall–Kier alpha value is -1.21. The fourth-order valence-corrected chi connectivity index (χ4v) is 1.73. The number of likely N-dealkylation sites (N-methyl/N-ethyl adjacent to an activating group) is 1. The molecule has 0 spiro atoms. The Labute approximate surface area is 106 Å². The van der Waals surface area contributed by atoms with Gasteiger partial charge in [-0.3, -0.25) is 9.59 Å². The van der Waals surface area contributed by atoms with Crippen molar-refractivity contribution in [3.05, 3.63) is 0 Å². The summed E-state index contributed by atoms with van der Waals surface area (Å²) in [7, 11) is 0. The molecule has 0 bridgehead atoms. The molecule has 2 amide bonds. The normalized spacial score (nSPS) is 16.6. The smallest absolute Gasteiger partial charge is 0.311 e. The molecule has 0 radical (unpaired) electrons. The van der Waals surface area contributed by atoms with Crippen LogP contribution in [0.4, 0.5) is 0 Å². The van der Waals surface area contributed by atoms with Gasteiger partial charge >= 0.3 is 11.8 Å². The van der Waals surface area contributed by atoms with Gasteiger partial charge in [-0.15, -0.1) is 0 Å². The molecule has 1 rings (SSSR count). The van der Waals surface area contributed by atoms with Crippen LogP contribution in [0.3, 0.4) is 0 Å². The minimum atomic E-state index is -0.636. The fourth-order valence-electron chi connectivity index (χ4n) is 1.65. The van der Waals surface area contributed by atoms with Crippen LogP contribution in [0.1, 0.15) is 6.92 Å². The number of piperazine rings is 1. The van der Waals surface area contributed by atoms with Crippen LogP contribution in [-0.2, 0) is 9.59 Å². The van der Waals surface area contributed by atoms with Crippen LogP contribution in [0.2, 0.25) is 0 Å². The number of thiocarbonyl (C=S) groups is 1. The number of carbonyl (C=O) groups excluding carboxylic acids is 2. The molecule has 7 heteroatoms. The number of rotatable bonds is 3. The number of hydrogen-bond donors (Lipinski definition) is 2. The zero-order valence-electron chi connectivity index (χ0n) is 9.94. The van der Waals surface area contributed by atoms with Gasteiger partial charge < -0.3 is 20.9 Å². The maximum absolute atomic E-state index is 11.7. The first-order valence-corrected chi connectivity index (χ1v) is 6.03. The zero-order valence-corrected chi connectivity index (χ0v) is 10.8. The molecule has 0 saturated carbocycles. The summed E-state index contributed by atoms with van der Waals surface area (Å²) in [6.07, 6.45) is 0. The molecular formula is C10H18N4O2S. The standard InChI is InChI=1S/C10H18N4O2S/c1-2-13-3-5-14(6-4-13)10(16)9(15)12-7-8(11)17/h2-7H2,1H3,(H2,11,17)(H,12,15). The Morgan fingerprint density at radius 2 is 1.88 bits per heavy atom. The lowest BCUT2D eigenvalue weighted by atomic mass is 10.3. The highest BCUT2D eigenvalue weighted by molar-refractivity contribution is 7.80. The fraction of sp³-hybridized carbons (Fsp3) is 0.700. The number of hydrogen-bond acceptors (Lipinski definition) is 4. The number of nitrogens with two attached hydrogens (primary N) is 1. The van der Waals surface area contributed by atoms with Crippen LogP contribution in [0, 0.1) is 0 Å². The molecular weight excluding hydrogens is 240 g/mol. The number of carbonyl (C=O) groups is 2. The molecule has 3 N–H and O–H groups in total. The van der Waals surface area contributed by atoms with E-state index in [4.69, 9.17) is 5.73 Å². The van der Waals surface area contributed by atoms with Gasteiger partial charge in [0.15, 0.2) is 0 Å². The summed E-state index contributed by atoms with van der Waals surface area (Å²) in [5.74, 6) is -1.14. The Balaban J connectivity index is 2.37. The minimum absolute atomic E-state index is 0.0643. The third kappa shape index (κ3) is 4.27. The molecule has 1 heterocycles. The topological polar surface area (TPSA) is 78.7 Å². The van der Waals surface area contributed by atoms with Gasteiger partial charge in [0.2, 0.25) is 0 Å². The van der Waals surface area contributed by atoms with Gasteiger partial charge in [-0.05, 0) is 6.54 Å². The maximum Gasteiger partial charge on any atom is 0.311 e. The van der Waals surface area contributed by atoms with E-state index in [1.165, 1.54) is 0 Å². The Morgan fingerprint density at radius 3 is 2.35 bits per heavy atom. The van der Waals surface area contributed by atoms with Crippen LogP contribution in [0.15, 0.2) is 0 Å². The summed E-state index contributed by atoms with van der Waals surface area (Å²) in [5, 5.41) is 2.39. The molecule has 6 nitrogen and oxygen atoms in total. The highest BCUT2D eigenvalue weighted by Gasteiger charge is 2.25. The Bertz CT molecular complexity index is 313. The molecule has 0 atom stereocenters. The van der Waals surface area contributed by atoms with Crippen molar-refractivity contribution in [2.24, 2.45) is 5.73 Å². The first-order valence-electron chi connectivity index (χ1n) is 5.62. The van der Waals surface area contributed by atoms with Crippen molar-refractivity contribution in [3.8, 4) is 0 Å². The van der Waals surface area contributed by atoms with Crippen molar-refractivity contribution in [1.82, 2.24) is 15.1 Å². The molecule has 17 heavy (non-hydrogen) atoms. The Morgan fingerprint density at radius 1 is 1.29 bits per heavy atom. The van der Waals surface area contributed by atoms with Gasteiger partial charge in [-0.25, -0.2) is 0 Å². The van der Waals surface area contributed by atoms with Crippen LogP contribution in [0.25, 0.3) is 0 Å². The highest BCUT2D eigenvalue weighted by Crippen LogP contribution is 2.01. The zero-order chi connectivity index (χ0) is 12.8. The molecule has 1 aliphatic heterocycles. The molecule has 1 fully saturated rings. The van der Waals surface area contributed by atoms with Gasteiger partial charge in [0.05, 0.1) is 11.5 Å². The molecule has 0 aromatic heterocycles. The van der Waals surface area contributed by atoms with Gasteiger partial charge in [0.25, 0.3) is 0 Å². The second kappa shape index (κ2) is 6.51. The quantitative estimate of drug-likeness (QED) is 0.478. The summed E-state index contributed by atoms with van der Waals surface area (Å²) >= 11 is 4.62. The third-order valence-corrected chi connectivity index (χ3v) is 2.87. The van der Waals surface area contributed by atoms with E-state index in [0.29, 0.717) is 13.1 Å². The van der Waals surface area contributed by atoms with E-state index in [-0.39, 0.29) is 11.5 Å². The monoisotopic (exact) mass is 258 g/mol. The van der Waals surface area contributed by atoms with Gasteiger partial charge in [0, 0.05) is 26.2 Å². The first kappa shape index (κ1) is 13.9. The molecule has 0 aliphatic carbocycles. The second-order valence-electron chi connectivity index (χ2n) is 3.88. The SMILES string of the molecule is CCN1CCN(C(=O)C(=O)NCC(N)=S)CC1. The van der Waals surface area contributed by atoms with Crippen molar-refractivity contribution in [1.29, 1.82) is 0 Å².